The van der Waals surface area contributed by atoms with Crippen molar-refractivity contribution in [2.75, 3.05) is 26.1 Å². The number of carbonyl (C=O) groups excluding carboxylic acids is 2. The molecule has 1 heterocycles. The summed E-state index contributed by atoms with van der Waals surface area (Å²) < 4.78 is 5.40. The Kier molecular flexibility index (Phi) is 6.21. The van der Waals surface area contributed by atoms with Crippen molar-refractivity contribution in [2.45, 2.75) is 44.2 Å². The van der Waals surface area contributed by atoms with E-state index in [9.17, 15) is 14.7 Å². The Bertz CT molecular complexity index is 1040. The van der Waals surface area contributed by atoms with Gasteiger partial charge >= 0.3 is 0 Å². The number of amides is 1. The van der Waals surface area contributed by atoms with Gasteiger partial charge in [0.25, 0.3) is 11.7 Å². The van der Waals surface area contributed by atoms with E-state index in [2.05, 4.69) is 0 Å². The van der Waals surface area contributed by atoms with Crippen molar-refractivity contribution >= 4 is 23.1 Å². The molecular formula is C26H30N2O4. The van der Waals surface area contributed by atoms with Crippen molar-refractivity contribution in [1.82, 2.24) is 4.90 Å². The largest absolute Gasteiger partial charge is 0.507 e. The van der Waals surface area contributed by atoms with E-state index in [1.54, 1.807) is 29.2 Å². The fraction of sp³-hybridized carbons (Fsp3) is 0.385. The van der Waals surface area contributed by atoms with Gasteiger partial charge in [0.1, 0.15) is 11.5 Å². The Balaban J connectivity index is 1.88. The summed E-state index contributed by atoms with van der Waals surface area (Å²) in [4.78, 5) is 30.2. The average Bonchev–Trinajstić information content (AvgIpc) is 3.09. The summed E-state index contributed by atoms with van der Waals surface area (Å²) in [6.45, 7) is 0. The Morgan fingerprint density at radius 3 is 2.28 bits per heavy atom. The Morgan fingerprint density at radius 1 is 1.00 bits per heavy atom. The minimum atomic E-state index is -0.638. The summed E-state index contributed by atoms with van der Waals surface area (Å²) in [7, 11) is 5.44. The molecule has 1 atom stereocenters. The molecule has 1 saturated heterocycles. The number of Topliss-reactive ketones (excluding diaryl/α,β-unsaturated/α-hetero) is 1. The number of ether oxygens (including phenoxy) is 1. The fourth-order valence-electron chi connectivity index (χ4n) is 4.85. The minimum absolute atomic E-state index is 0.0123. The fourth-order valence-corrected chi connectivity index (χ4v) is 4.85. The molecule has 1 saturated carbocycles. The summed E-state index contributed by atoms with van der Waals surface area (Å²) in [5, 5.41) is 11.3. The lowest BCUT2D eigenvalue weighted by Gasteiger charge is -2.35. The molecule has 2 aromatic carbocycles. The SMILES string of the molecule is COc1ccccc1/C(O)=C1/C(=O)C(=O)N(C2CCCCC2)C1c1ccc(N(C)C)cc1. The predicted octanol–water partition coefficient (Wildman–Crippen LogP) is 4.52. The highest BCUT2D eigenvalue weighted by atomic mass is 16.5. The highest BCUT2D eigenvalue weighted by Crippen LogP contribution is 2.44. The first-order valence-electron chi connectivity index (χ1n) is 11.1. The van der Waals surface area contributed by atoms with Crippen molar-refractivity contribution < 1.29 is 19.4 Å². The van der Waals surface area contributed by atoms with E-state index in [1.807, 2.05) is 43.3 Å². The second kappa shape index (κ2) is 9.07. The van der Waals surface area contributed by atoms with E-state index in [-0.39, 0.29) is 17.4 Å². The number of hydrogen-bond acceptors (Lipinski definition) is 5. The van der Waals surface area contributed by atoms with Gasteiger partial charge in [-0.15, -0.1) is 0 Å². The van der Waals surface area contributed by atoms with Gasteiger partial charge in [-0.05, 0) is 42.7 Å². The molecule has 1 N–H and O–H groups in total. The molecular weight excluding hydrogens is 404 g/mol. The normalized spacial score (nSPS) is 21.1. The maximum Gasteiger partial charge on any atom is 0.295 e. The number of anilines is 1. The van der Waals surface area contributed by atoms with Gasteiger partial charge in [-0.2, -0.15) is 0 Å². The van der Waals surface area contributed by atoms with Crippen LogP contribution < -0.4 is 9.64 Å². The maximum atomic E-state index is 13.3. The van der Waals surface area contributed by atoms with Gasteiger partial charge < -0.3 is 19.6 Å². The number of hydrogen-bond donors (Lipinski definition) is 1. The summed E-state index contributed by atoms with van der Waals surface area (Å²) in [5.74, 6) is -0.910. The molecule has 6 nitrogen and oxygen atoms in total. The third-order valence-electron chi connectivity index (χ3n) is 6.54. The van der Waals surface area contributed by atoms with E-state index in [4.69, 9.17) is 4.74 Å². The summed E-state index contributed by atoms with van der Waals surface area (Å²) >= 11 is 0. The first-order chi connectivity index (χ1) is 15.4. The average molecular weight is 435 g/mol. The Hall–Kier alpha value is -3.28. The third kappa shape index (κ3) is 3.85. The van der Waals surface area contributed by atoms with E-state index in [0.29, 0.717) is 11.3 Å². The second-order valence-corrected chi connectivity index (χ2v) is 8.68. The molecule has 1 amide bonds. The standard InChI is InChI=1S/C26H30N2O4/c1-27(2)18-15-13-17(14-16-18)23-22(24(29)20-11-7-8-12-21(20)32-3)25(30)26(31)28(23)19-9-5-4-6-10-19/h7-8,11-16,19,23,29H,4-6,9-10H2,1-3H3/b24-22-. The number of aliphatic hydroxyl groups is 1. The van der Waals surface area contributed by atoms with Crippen molar-refractivity contribution in [3.8, 4) is 5.75 Å². The van der Waals surface area contributed by atoms with Crippen molar-refractivity contribution in [3.63, 3.8) is 0 Å². The topological polar surface area (TPSA) is 70.1 Å². The number of carbonyl (C=O) groups is 2. The molecule has 0 bridgehead atoms. The molecule has 168 valence electrons. The second-order valence-electron chi connectivity index (χ2n) is 8.68. The van der Waals surface area contributed by atoms with Crippen LogP contribution in [0.2, 0.25) is 0 Å². The molecule has 1 unspecified atom stereocenters. The lowest BCUT2D eigenvalue weighted by Crippen LogP contribution is -2.40. The zero-order valence-corrected chi connectivity index (χ0v) is 18.9. The van der Waals surface area contributed by atoms with E-state index in [1.165, 1.54) is 7.11 Å². The van der Waals surface area contributed by atoms with Gasteiger partial charge in [0, 0.05) is 25.8 Å². The highest BCUT2D eigenvalue weighted by Gasteiger charge is 2.49. The minimum Gasteiger partial charge on any atom is -0.507 e. The molecule has 1 aliphatic carbocycles. The molecule has 2 aromatic rings. The number of nitrogens with zero attached hydrogens (tertiary/aromatic N) is 2. The van der Waals surface area contributed by atoms with Crippen LogP contribution in [-0.4, -0.2) is 48.9 Å². The third-order valence-corrected chi connectivity index (χ3v) is 6.54. The number of ketones is 1. The van der Waals surface area contributed by atoms with Crippen molar-refractivity contribution in [3.05, 3.63) is 65.2 Å². The summed E-state index contributed by atoms with van der Waals surface area (Å²) in [6.07, 6.45) is 4.95. The van der Waals surface area contributed by atoms with Crippen LogP contribution in [0.1, 0.15) is 49.3 Å². The maximum absolute atomic E-state index is 13.3. The monoisotopic (exact) mass is 434 g/mol. The van der Waals surface area contributed by atoms with Gasteiger partial charge in [0.15, 0.2) is 0 Å². The summed E-state index contributed by atoms with van der Waals surface area (Å²) in [5.41, 5.74) is 2.37. The van der Waals surface area contributed by atoms with Crippen LogP contribution in [0.25, 0.3) is 5.76 Å². The molecule has 1 aliphatic heterocycles. The number of methoxy groups -OCH3 is 1. The van der Waals surface area contributed by atoms with Crippen LogP contribution in [0, 0.1) is 0 Å². The zero-order valence-electron chi connectivity index (χ0n) is 18.9. The number of rotatable bonds is 5. The molecule has 2 fully saturated rings. The van der Waals surface area contributed by atoms with Gasteiger partial charge in [0.05, 0.1) is 24.3 Å². The number of aliphatic hydroxyl groups excluding tert-OH is 1. The molecule has 32 heavy (non-hydrogen) atoms. The first kappa shape index (κ1) is 21.9. The van der Waals surface area contributed by atoms with Crippen LogP contribution in [0.15, 0.2) is 54.1 Å². The predicted molar refractivity (Wildman–Crippen MR) is 125 cm³/mol. The lowest BCUT2D eigenvalue weighted by atomic mass is 9.90. The quantitative estimate of drug-likeness (QED) is 0.426. The number of benzene rings is 2. The molecule has 4 rings (SSSR count). The number of likely N-dealkylation sites (tertiary alicyclic amines) is 1. The van der Waals surface area contributed by atoms with Crippen LogP contribution in [0.3, 0.4) is 0 Å². The van der Waals surface area contributed by atoms with E-state index < -0.39 is 17.7 Å². The molecule has 0 radical (unpaired) electrons. The van der Waals surface area contributed by atoms with E-state index >= 15 is 0 Å². The first-order valence-corrected chi connectivity index (χ1v) is 11.1. The number of para-hydroxylation sites is 1. The molecule has 0 aromatic heterocycles. The van der Waals surface area contributed by atoms with Gasteiger partial charge in [0.2, 0.25) is 0 Å². The van der Waals surface area contributed by atoms with Crippen molar-refractivity contribution in [1.29, 1.82) is 0 Å². The highest BCUT2D eigenvalue weighted by molar-refractivity contribution is 6.46. The summed E-state index contributed by atoms with van der Waals surface area (Å²) in [6, 6.07) is 14.2. The Morgan fingerprint density at radius 2 is 1.66 bits per heavy atom. The van der Waals surface area contributed by atoms with Crippen molar-refractivity contribution in [2.24, 2.45) is 0 Å². The van der Waals surface area contributed by atoms with Gasteiger partial charge in [-0.25, -0.2) is 0 Å². The lowest BCUT2D eigenvalue weighted by molar-refractivity contribution is -0.141. The smallest absolute Gasteiger partial charge is 0.295 e. The van der Waals surface area contributed by atoms with Gasteiger partial charge in [-0.1, -0.05) is 43.5 Å². The molecule has 2 aliphatic rings. The van der Waals surface area contributed by atoms with Crippen LogP contribution in [-0.2, 0) is 9.59 Å². The van der Waals surface area contributed by atoms with Crippen LogP contribution in [0.5, 0.6) is 5.75 Å². The van der Waals surface area contributed by atoms with Crippen LogP contribution in [0.4, 0.5) is 5.69 Å². The zero-order chi connectivity index (χ0) is 22.8. The van der Waals surface area contributed by atoms with E-state index in [0.717, 1.165) is 43.4 Å². The Labute approximate surface area is 189 Å². The van der Waals surface area contributed by atoms with Crippen LogP contribution >= 0.6 is 0 Å². The van der Waals surface area contributed by atoms with Gasteiger partial charge in [-0.3, -0.25) is 9.59 Å². The molecule has 6 heteroatoms. The molecule has 0 spiro atoms.